The highest BCUT2D eigenvalue weighted by Gasteiger charge is 2.24. The van der Waals surface area contributed by atoms with Crippen molar-refractivity contribution in [3.05, 3.63) is 38.3 Å². The fourth-order valence-corrected chi connectivity index (χ4v) is 2.64. The average molecular weight is 344 g/mol. The summed E-state index contributed by atoms with van der Waals surface area (Å²) in [7, 11) is 0. The van der Waals surface area contributed by atoms with E-state index in [1.165, 1.54) is 0 Å². The molecular formula is C13H18BrN3O3. The Morgan fingerprint density at radius 2 is 2.40 bits per heavy atom. The van der Waals surface area contributed by atoms with Gasteiger partial charge in [-0.25, -0.2) is 0 Å². The third-order valence-electron chi connectivity index (χ3n) is 3.38. The molecule has 2 N–H and O–H groups in total. The lowest BCUT2D eigenvalue weighted by molar-refractivity contribution is -0.385. The van der Waals surface area contributed by atoms with E-state index in [1.807, 2.05) is 13.0 Å². The van der Waals surface area contributed by atoms with Crippen molar-refractivity contribution < 1.29 is 9.66 Å². The zero-order valence-corrected chi connectivity index (χ0v) is 12.9. The van der Waals surface area contributed by atoms with E-state index >= 15 is 0 Å². The Labute approximate surface area is 126 Å². The van der Waals surface area contributed by atoms with Crippen molar-refractivity contribution in [1.29, 1.82) is 0 Å². The molecule has 0 aliphatic carbocycles. The van der Waals surface area contributed by atoms with Crippen LogP contribution in [0.5, 0.6) is 0 Å². The van der Waals surface area contributed by atoms with Crippen molar-refractivity contribution in [2.24, 2.45) is 5.73 Å². The quantitative estimate of drug-likeness (QED) is 0.666. The van der Waals surface area contributed by atoms with Gasteiger partial charge in [0.05, 0.1) is 22.1 Å². The molecule has 0 amide bonds. The zero-order valence-electron chi connectivity index (χ0n) is 11.3. The Bertz CT molecular complexity index is 496. The molecule has 2 unspecified atom stereocenters. The third-order valence-corrected chi connectivity index (χ3v) is 4.05. The molecule has 1 fully saturated rings. The van der Waals surface area contributed by atoms with Crippen LogP contribution in [-0.4, -0.2) is 41.7 Å². The Morgan fingerprint density at radius 3 is 3.05 bits per heavy atom. The summed E-state index contributed by atoms with van der Waals surface area (Å²) in [5.41, 5.74) is 6.88. The van der Waals surface area contributed by atoms with Gasteiger partial charge < -0.3 is 10.5 Å². The molecule has 0 saturated carbocycles. The van der Waals surface area contributed by atoms with Crippen LogP contribution in [0.1, 0.15) is 12.5 Å². The number of nitro benzene ring substituents is 1. The van der Waals surface area contributed by atoms with E-state index in [2.05, 4.69) is 20.8 Å². The van der Waals surface area contributed by atoms with Crippen LogP contribution in [0.3, 0.4) is 0 Å². The highest BCUT2D eigenvalue weighted by molar-refractivity contribution is 9.10. The molecule has 0 aromatic heterocycles. The van der Waals surface area contributed by atoms with Crippen molar-refractivity contribution in [3.63, 3.8) is 0 Å². The van der Waals surface area contributed by atoms with Crippen LogP contribution in [0, 0.1) is 10.1 Å². The number of ether oxygens (including phenoxy) is 1. The SMILES string of the molecule is CC(N)C1CN(Cc2ccc(Br)c([N+](=O)[O-])c2)CCO1. The molecule has 6 nitrogen and oxygen atoms in total. The number of nitrogens with zero attached hydrogens (tertiary/aromatic N) is 2. The Balaban J connectivity index is 2.06. The maximum atomic E-state index is 10.9. The van der Waals surface area contributed by atoms with Gasteiger partial charge in [-0.05, 0) is 34.5 Å². The Hall–Kier alpha value is -1.02. The third kappa shape index (κ3) is 3.76. The van der Waals surface area contributed by atoms with E-state index in [0.29, 0.717) is 17.6 Å². The van der Waals surface area contributed by atoms with E-state index < -0.39 is 0 Å². The van der Waals surface area contributed by atoms with Crippen LogP contribution in [0.2, 0.25) is 0 Å². The molecule has 110 valence electrons. The second-order valence-electron chi connectivity index (χ2n) is 5.05. The van der Waals surface area contributed by atoms with E-state index in [4.69, 9.17) is 10.5 Å². The smallest absolute Gasteiger partial charge is 0.283 e. The van der Waals surface area contributed by atoms with E-state index in [9.17, 15) is 10.1 Å². The molecule has 2 rings (SSSR count). The summed E-state index contributed by atoms with van der Waals surface area (Å²) < 4.78 is 6.11. The van der Waals surface area contributed by atoms with E-state index in [0.717, 1.165) is 18.7 Å². The van der Waals surface area contributed by atoms with Gasteiger partial charge in [0.25, 0.3) is 5.69 Å². The molecule has 1 aliphatic rings. The Kier molecular flexibility index (Phi) is 5.09. The summed E-state index contributed by atoms with van der Waals surface area (Å²) >= 11 is 3.19. The lowest BCUT2D eigenvalue weighted by Gasteiger charge is -2.34. The maximum absolute atomic E-state index is 10.9. The molecule has 1 aromatic rings. The highest BCUT2D eigenvalue weighted by atomic mass is 79.9. The van der Waals surface area contributed by atoms with Crippen molar-refractivity contribution in [3.8, 4) is 0 Å². The fourth-order valence-electron chi connectivity index (χ4n) is 2.25. The highest BCUT2D eigenvalue weighted by Crippen LogP contribution is 2.26. The normalized spacial score (nSPS) is 21.6. The van der Waals surface area contributed by atoms with Gasteiger partial charge in [0.2, 0.25) is 0 Å². The Morgan fingerprint density at radius 1 is 1.65 bits per heavy atom. The van der Waals surface area contributed by atoms with Gasteiger partial charge in [0, 0.05) is 31.7 Å². The first kappa shape index (κ1) is 15.4. The summed E-state index contributed by atoms with van der Waals surface area (Å²) in [5.74, 6) is 0. The first-order valence-corrected chi connectivity index (χ1v) is 7.29. The molecule has 0 bridgehead atoms. The molecule has 1 aromatic carbocycles. The minimum atomic E-state index is -0.377. The molecular weight excluding hydrogens is 326 g/mol. The lowest BCUT2D eigenvalue weighted by atomic mass is 10.1. The molecule has 20 heavy (non-hydrogen) atoms. The second kappa shape index (κ2) is 6.62. The number of nitrogens with two attached hydrogens (primary N) is 1. The van der Waals surface area contributed by atoms with Crippen LogP contribution in [0.15, 0.2) is 22.7 Å². The summed E-state index contributed by atoms with van der Waals surface area (Å²) in [6, 6.07) is 5.21. The van der Waals surface area contributed by atoms with Crippen LogP contribution in [-0.2, 0) is 11.3 Å². The second-order valence-corrected chi connectivity index (χ2v) is 5.90. The molecule has 1 heterocycles. The first-order chi connectivity index (χ1) is 9.47. The number of rotatable bonds is 4. The van der Waals surface area contributed by atoms with Gasteiger partial charge in [-0.1, -0.05) is 6.07 Å². The van der Waals surface area contributed by atoms with Gasteiger partial charge in [-0.2, -0.15) is 0 Å². The molecule has 0 spiro atoms. The number of hydrogen-bond donors (Lipinski definition) is 1. The predicted octanol–water partition coefficient (Wildman–Crippen LogP) is 1.91. The molecule has 0 radical (unpaired) electrons. The minimum Gasteiger partial charge on any atom is -0.374 e. The number of halogens is 1. The van der Waals surface area contributed by atoms with Crippen LogP contribution >= 0.6 is 15.9 Å². The minimum absolute atomic E-state index is 0.0166. The number of nitro groups is 1. The monoisotopic (exact) mass is 343 g/mol. The first-order valence-electron chi connectivity index (χ1n) is 6.49. The van der Waals surface area contributed by atoms with Gasteiger partial charge >= 0.3 is 0 Å². The van der Waals surface area contributed by atoms with Crippen LogP contribution in [0.4, 0.5) is 5.69 Å². The summed E-state index contributed by atoms with van der Waals surface area (Å²) in [5, 5.41) is 10.9. The number of morpholine rings is 1. The molecule has 7 heteroatoms. The van der Waals surface area contributed by atoms with Crippen LogP contribution in [0.25, 0.3) is 0 Å². The van der Waals surface area contributed by atoms with Crippen molar-refractivity contribution >= 4 is 21.6 Å². The van der Waals surface area contributed by atoms with Crippen molar-refractivity contribution in [2.45, 2.75) is 25.6 Å². The topological polar surface area (TPSA) is 81.6 Å². The van der Waals surface area contributed by atoms with Gasteiger partial charge in [0.15, 0.2) is 0 Å². The molecule has 1 saturated heterocycles. The summed E-state index contributed by atoms with van der Waals surface area (Å²) in [6.45, 7) is 4.80. The summed E-state index contributed by atoms with van der Waals surface area (Å²) in [6.07, 6.45) is 0.0224. The van der Waals surface area contributed by atoms with Gasteiger partial charge in [-0.3, -0.25) is 15.0 Å². The standard InChI is InChI=1S/C13H18BrN3O3/c1-9(15)13-8-16(4-5-20-13)7-10-2-3-11(14)12(6-10)17(18)19/h2-3,6,9,13H,4-5,7-8,15H2,1H3. The number of benzene rings is 1. The fraction of sp³-hybridized carbons (Fsp3) is 0.538. The van der Waals surface area contributed by atoms with Gasteiger partial charge in [0.1, 0.15) is 0 Å². The lowest BCUT2D eigenvalue weighted by Crippen LogP contribution is -2.49. The number of hydrogen-bond acceptors (Lipinski definition) is 5. The molecule has 2 atom stereocenters. The van der Waals surface area contributed by atoms with Crippen LogP contribution < -0.4 is 5.73 Å². The van der Waals surface area contributed by atoms with E-state index in [-0.39, 0.29) is 22.8 Å². The maximum Gasteiger partial charge on any atom is 0.283 e. The average Bonchev–Trinajstić information content (AvgIpc) is 2.41. The van der Waals surface area contributed by atoms with Crippen molar-refractivity contribution in [1.82, 2.24) is 4.90 Å². The largest absolute Gasteiger partial charge is 0.374 e. The molecule has 1 aliphatic heterocycles. The summed E-state index contributed by atoms with van der Waals surface area (Å²) in [4.78, 5) is 12.8. The van der Waals surface area contributed by atoms with Crippen molar-refractivity contribution in [2.75, 3.05) is 19.7 Å². The van der Waals surface area contributed by atoms with E-state index in [1.54, 1.807) is 12.1 Å². The van der Waals surface area contributed by atoms with Gasteiger partial charge in [-0.15, -0.1) is 0 Å². The predicted molar refractivity (Wildman–Crippen MR) is 79.5 cm³/mol. The zero-order chi connectivity index (χ0) is 14.7.